The van der Waals surface area contributed by atoms with Gasteiger partial charge in [0.2, 0.25) is 0 Å². The van der Waals surface area contributed by atoms with Crippen LogP contribution in [0.1, 0.15) is 78.1 Å². The summed E-state index contributed by atoms with van der Waals surface area (Å²) in [6, 6.07) is 0. The van der Waals surface area contributed by atoms with Gasteiger partial charge in [0.05, 0.1) is 13.2 Å². The van der Waals surface area contributed by atoms with Gasteiger partial charge in [0.25, 0.3) is 0 Å². The molecular formula is C18H34O4S2. The fourth-order valence-electron chi connectivity index (χ4n) is 2.10. The quantitative estimate of drug-likeness (QED) is 0.248. The average molecular weight is 379 g/mol. The van der Waals surface area contributed by atoms with Crippen LogP contribution in [0.4, 0.5) is 0 Å². The highest BCUT2D eigenvalue weighted by Crippen LogP contribution is 2.10. The van der Waals surface area contributed by atoms with Gasteiger partial charge < -0.3 is 9.47 Å². The van der Waals surface area contributed by atoms with Gasteiger partial charge in [-0.3, -0.25) is 9.59 Å². The smallest absolute Gasteiger partial charge is 0.305 e. The number of ether oxygens (including phenoxy) is 2. The minimum atomic E-state index is -0.185. The van der Waals surface area contributed by atoms with Crippen molar-refractivity contribution in [1.29, 1.82) is 0 Å². The Hall–Kier alpha value is -0.360. The number of esters is 2. The van der Waals surface area contributed by atoms with E-state index in [0.717, 1.165) is 38.5 Å². The normalized spacial score (nSPS) is 13.3. The first-order valence-corrected chi connectivity index (χ1v) is 10.2. The molecule has 24 heavy (non-hydrogen) atoms. The zero-order valence-corrected chi connectivity index (χ0v) is 17.0. The van der Waals surface area contributed by atoms with Crippen LogP contribution in [0.5, 0.6) is 0 Å². The predicted octanol–water partition coefficient (Wildman–Crippen LogP) is 4.61. The van der Waals surface area contributed by atoms with Gasteiger partial charge in [-0.1, -0.05) is 13.8 Å². The summed E-state index contributed by atoms with van der Waals surface area (Å²) >= 11 is 8.80. The number of carbonyl (C=O) groups is 2. The third-order valence-corrected chi connectivity index (χ3v) is 5.09. The molecule has 0 aliphatic heterocycles. The van der Waals surface area contributed by atoms with Crippen molar-refractivity contribution in [3.05, 3.63) is 0 Å². The molecule has 0 spiro atoms. The highest BCUT2D eigenvalue weighted by Gasteiger charge is 2.07. The van der Waals surface area contributed by atoms with Crippen molar-refractivity contribution in [1.82, 2.24) is 0 Å². The van der Waals surface area contributed by atoms with Crippen molar-refractivity contribution in [2.75, 3.05) is 13.2 Å². The van der Waals surface area contributed by atoms with E-state index in [0.29, 0.717) is 49.4 Å². The summed E-state index contributed by atoms with van der Waals surface area (Å²) < 4.78 is 10.3. The molecule has 0 aliphatic carbocycles. The minimum absolute atomic E-state index is 0.185. The molecule has 142 valence electrons. The number of unbranched alkanes of at least 4 members (excludes halogenated alkanes) is 1. The van der Waals surface area contributed by atoms with Crippen molar-refractivity contribution in [2.45, 2.75) is 88.6 Å². The monoisotopic (exact) mass is 378 g/mol. The van der Waals surface area contributed by atoms with E-state index in [2.05, 4.69) is 39.1 Å². The molecular weight excluding hydrogens is 344 g/mol. The van der Waals surface area contributed by atoms with E-state index >= 15 is 0 Å². The SMILES string of the molecule is CCC(S)CCCOC(=O)CCCCC(=O)OCCCC(S)CC. The second-order valence-electron chi connectivity index (χ2n) is 6.06. The van der Waals surface area contributed by atoms with E-state index in [-0.39, 0.29) is 11.9 Å². The Kier molecular flexibility index (Phi) is 15.9. The third-order valence-electron chi connectivity index (χ3n) is 3.84. The second kappa shape index (κ2) is 16.1. The molecule has 0 heterocycles. The molecule has 0 aromatic carbocycles. The van der Waals surface area contributed by atoms with E-state index in [9.17, 15) is 9.59 Å². The summed E-state index contributed by atoms with van der Waals surface area (Å²) in [4.78, 5) is 23.1. The Balaban J connectivity index is 3.44. The van der Waals surface area contributed by atoms with Gasteiger partial charge in [-0.2, -0.15) is 25.3 Å². The van der Waals surface area contributed by atoms with E-state index < -0.39 is 0 Å². The molecule has 0 bridgehead atoms. The first-order chi connectivity index (χ1) is 11.5. The van der Waals surface area contributed by atoms with Crippen LogP contribution in [-0.4, -0.2) is 35.7 Å². The molecule has 0 radical (unpaired) electrons. The van der Waals surface area contributed by atoms with Gasteiger partial charge in [-0.25, -0.2) is 0 Å². The number of thiol groups is 2. The van der Waals surface area contributed by atoms with Crippen LogP contribution in [0.25, 0.3) is 0 Å². The molecule has 0 saturated heterocycles. The van der Waals surface area contributed by atoms with Gasteiger partial charge in [0, 0.05) is 23.3 Å². The van der Waals surface area contributed by atoms with Crippen LogP contribution in [0.15, 0.2) is 0 Å². The molecule has 0 aromatic rings. The number of hydrogen-bond acceptors (Lipinski definition) is 6. The minimum Gasteiger partial charge on any atom is -0.466 e. The number of hydrogen-bond donors (Lipinski definition) is 2. The molecule has 0 aromatic heterocycles. The molecule has 0 fully saturated rings. The van der Waals surface area contributed by atoms with Crippen molar-refractivity contribution in [2.24, 2.45) is 0 Å². The van der Waals surface area contributed by atoms with Crippen molar-refractivity contribution in [3.63, 3.8) is 0 Å². The lowest BCUT2D eigenvalue weighted by molar-refractivity contribution is -0.146. The van der Waals surface area contributed by atoms with Crippen LogP contribution < -0.4 is 0 Å². The maximum absolute atomic E-state index is 11.5. The van der Waals surface area contributed by atoms with Crippen LogP contribution in [-0.2, 0) is 19.1 Å². The van der Waals surface area contributed by atoms with Gasteiger partial charge in [-0.05, 0) is 51.4 Å². The Labute approximate surface area is 158 Å². The molecule has 0 aliphatic rings. The van der Waals surface area contributed by atoms with E-state index in [1.54, 1.807) is 0 Å². The van der Waals surface area contributed by atoms with Gasteiger partial charge in [-0.15, -0.1) is 0 Å². The molecule has 4 nitrogen and oxygen atoms in total. The zero-order chi connectivity index (χ0) is 18.2. The van der Waals surface area contributed by atoms with E-state index in [1.807, 2.05) is 0 Å². The lowest BCUT2D eigenvalue weighted by atomic mass is 10.2. The largest absolute Gasteiger partial charge is 0.466 e. The summed E-state index contributed by atoms with van der Waals surface area (Å²) in [6.45, 7) is 5.11. The first kappa shape index (κ1) is 23.6. The van der Waals surface area contributed by atoms with Gasteiger partial charge in [0.15, 0.2) is 0 Å². The molecule has 0 N–H and O–H groups in total. The molecule has 0 rings (SSSR count). The fourth-order valence-corrected chi connectivity index (χ4v) is 2.47. The van der Waals surface area contributed by atoms with Crippen molar-refractivity contribution < 1.29 is 19.1 Å². The molecule has 0 amide bonds. The number of rotatable bonds is 15. The standard InChI is InChI=1S/C18H34O4S2/c1-3-15(23)9-7-13-21-17(19)11-5-6-12-18(20)22-14-8-10-16(24)4-2/h15-16,23-24H,3-14H2,1-2H3. The molecule has 0 saturated carbocycles. The Bertz CT molecular complexity index is 305. The average Bonchev–Trinajstić information content (AvgIpc) is 2.58. The van der Waals surface area contributed by atoms with E-state index in [1.165, 1.54) is 0 Å². The predicted molar refractivity (Wildman–Crippen MR) is 105 cm³/mol. The first-order valence-electron chi connectivity index (χ1n) is 9.16. The Morgan fingerprint density at radius 3 is 1.46 bits per heavy atom. The Morgan fingerprint density at radius 2 is 1.12 bits per heavy atom. The van der Waals surface area contributed by atoms with Crippen molar-refractivity contribution >= 4 is 37.2 Å². The Morgan fingerprint density at radius 1 is 0.750 bits per heavy atom. The maximum Gasteiger partial charge on any atom is 0.305 e. The highest BCUT2D eigenvalue weighted by atomic mass is 32.1. The van der Waals surface area contributed by atoms with E-state index in [4.69, 9.17) is 9.47 Å². The molecule has 2 unspecified atom stereocenters. The third kappa shape index (κ3) is 15.2. The lowest BCUT2D eigenvalue weighted by Crippen LogP contribution is -2.09. The molecule has 6 heteroatoms. The zero-order valence-electron chi connectivity index (χ0n) is 15.2. The van der Waals surface area contributed by atoms with Gasteiger partial charge in [0.1, 0.15) is 0 Å². The second-order valence-corrected chi connectivity index (χ2v) is 7.52. The van der Waals surface area contributed by atoms with Crippen LogP contribution in [0, 0.1) is 0 Å². The fraction of sp³-hybridized carbons (Fsp3) is 0.889. The summed E-state index contributed by atoms with van der Waals surface area (Å²) in [7, 11) is 0. The van der Waals surface area contributed by atoms with Crippen LogP contribution >= 0.6 is 25.3 Å². The summed E-state index contributed by atoms with van der Waals surface area (Å²) in [5.41, 5.74) is 0. The molecule has 2 atom stereocenters. The van der Waals surface area contributed by atoms with Crippen LogP contribution in [0.3, 0.4) is 0 Å². The van der Waals surface area contributed by atoms with Gasteiger partial charge >= 0.3 is 11.9 Å². The highest BCUT2D eigenvalue weighted by molar-refractivity contribution is 7.81. The van der Waals surface area contributed by atoms with Crippen molar-refractivity contribution in [3.8, 4) is 0 Å². The van der Waals surface area contributed by atoms with Crippen LogP contribution in [0.2, 0.25) is 0 Å². The number of carbonyl (C=O) groups excluding carboxylic acids is 2. The summed E-state index contributed by atoms with van der Waals surface area (Å²) in [6.07, 6.45) is 7.74. The summed E-state index contributed by atoms with van der Waals surface area (Å²) in [5, 5.41) is 0.769. The topological polar surface area (TPSA) is 52.6 Å². The lowest BCUT2D eigenvalue weighted by Gasteiger charge is -2.09. The maximum atomic E-state index is 11.5. The summed E-state index contributed by atoms with van der Waals surface area (Å²) in [5.74, 6) is -0.370.